The molecule has 7 heteroatoms. The van der Waals surface area contributed by atoms with E-state index in [0.29, 0.717) is 0 Å². The van der Waals surface area contributed by atoms with E-state index in [0.717, 1.165) is 24.4 Å². The van der Waals surface area contributed by atoms with Crippen LogP contribution >= 0.6 is 24.8 Å². The topological polar surface area (TPSA) is 72.1 Å². The minimum atomic E-state index is -0.566. The van der Waals surface area contributed by atoms with Gasteiger partial charge in [0.05, 0.1) is 11.1 Å². The Bertz CT molecular complexity index is 488. The molecule has 2 heterocycles. The summed E-state index contributed by atoms with van der Waals surface area (Å²) < 4.78 is 0. The summed E-state index contributed by atoms with van der Waals surface area (Å²) in [7, 11) is 0. The summed E-state index contributed by atoms with van der Waals surface area (Å²) in [6.07, 6.45) is 5.00. The molecule has 0 atom stereocenters. The molecule has 0 bridgehead atoms. The number of fused-ring (bicyclic) bond motifs is 1. The van der Waals surface area contributed by atoms with E-state index in [4.69, 9.17) is 5.73 Å². The van der Waals surface area contributed by atoms with Crippen molar-refractivity contribution < 1.29 is 4.79 Å². The Labute approximate surface area is 124 Å². The normalized spacial score (nSPS) is 26.9. The monoisotopic (exact) mass is 304 g/mol. The first-order valence-electron chi connectivity index (χ1n) is 5.92. The third-order valence-corrected chi connectivity index (χ3v) is 3.77. The lowest BCUT2D eigenvalue weighted by Gasteiger charge is -2.39. The molecule has 1 aliphatic carbocycles. The molecular formula is C12H18Cl2N4O. The Morgan fingerprint density at radius 1 is 1.26 bits per heavy atom. The number of carbonyl (C=O) groups excluding carboxylic acids is 1. The number of rotatable bonds is 1. The molecular weight excluding hydrogens is 287 g/mol. The predicted octanol–water partition coefficient (Wildman–Crippen LogP) is 1.43. The summed E-state index contributed by atoms with van der Waals surface area (Å²) in [6, 6.07) is 0.423. The lowest BCUT2D eigenvalue weighted by molar-refractivity contribution is -0.123. The standard InChI is InChI=1S/C12H16N4O.2ClH/c1-12(2)9-10(15-4-3-14-9)16(11(12)17)8-5-7(13)6-8;;/h3-4,7-8H,5-6,13H2,1-2H3;2*1H. The average Bonchev–Trinajstić information content (AvgIpc) is 2.45. The quantitative estimate of drug-likeness (QED) is 0.852. The SMILES string of the molecule is CC1(C)C(=O)N(C2CC(N)C2)c2nccnc21.Cl.Cl. The van der Waals surface area contributed by atoms with Crippen LogP contribution in [-0.4, -0.2) is 28.0 Å². The molecule has 0 saturated heterocycles. The number of aromatic nitrogens is 2. The molecule has 1 fully saturated rings. The average molecular weight is 305 g/mol. The molecule has 1 amide bonds. The van der Waals surface area contributed by atoms with Gasteiger partial charge in [-0.25, -0.2) is 4.98 Å². The first-order chi connectivity index (χ1) is 8.01. The van der Waals surface area contributed by atoms with Crippen LogP contribution in [0.15, 0.2) is 12.4 Å². The maximum absolute atomic E-state index is 12.4. The third-order valence-electron chi connectivity index (χ3n) is 3.77. The zero-order valence-electron chi connectivity index (χ0n) is 10.9. The molecule has 0 aromatic carbocycles. The molecule has 1 aromatic heterocycles. The van der Waals surface area contributed by atoms with E-state index in [1.54, 1.807) is 17.3 Å². The maximum Gasteiger partial charge on any atom is 0.240 e. The summed E-state index contributed by atoms with van der Waals surface area (Å²) in [4.78, 5) is 22.9. The van der Waals surface area contributed by atoms with Crippen LogP contribution in [-0.2, 0) is 10.2 Å². The molecule has 2 N–H and O–H groups in total. The van der Waals surface area contributed by atoms with Crippen LogP contribution in [0.2, 0.25) is 0 Å². The van der Waals surface area contributed by atoms with Crippen LogP contribution in [0.25, 0.3) is 0 Å². The third kappa shape index (κ3) is 2.20. The number of halogens is 2. The van der Waals surface area contributed by atoms with Gasteiger partial charge in [0.1, 0.15) is 0 Å². The summed E-state index contributed by atoms with van der Waals surface area (Å²) in [5.74, 6) is 0.815. The number of carbonyl (C=O) groups is 1. The van der Waals surface area contributed by atoms with Crippen LogP contribution in [0.4, 0.5) is 5.82 Å². The van der Waals surface area contributed by atoms with Crippen LogP contribution in [0.5, 0.6) is 0 Å². The van der Waals surface area contributed by atoms with Crippen LogP contribution in [0.3, 0.4) is 0 Å². The van der Waals surface area contributed by atoms with Gasteiger partial charge in [-0.15, -0.1) is 24.8 Å². The number of hydrogen-bond acceptors (Lipinski definition) is 4. The lowest BCUT2D eigenvalue weighted by Crippen LogP contribution is -2.53. The van der Waals surface area contributed by atoms with Crippen molar-refractivity contribution in [3.8, 4) is 0 Å². The molecule has 5 nitrogen and oxygen atoms in total. The summed E-state index contributed by atoms with van der Waals surface area (Å²) in [5.41, 5.74) is 6.01. The zero-order valence-corrected chi connectivity index (χ0v) is 12.5. The number of hydrogen-bond donors (Lipinski definition) is 1. The highest BCUT2D eigenvalue weighted by atomic mass is 35.5. The lowest BCUT2D eigenvalue weighted by atomic mass is 9.85. The fourth-order valence-corrected chi connectivity index (χ4v) is 2.63. The van der Waals surface area contributed by atoms with Crippen molar-refractivity contribution in [2.75, 3.05) is 4.90 Å². The smallest absolute Gasteiger partial charge is 0.240 e. The van der Waals surface area contributed by atoms with Crippen LogP contribution in [0.1, 0.15) is 32.4 Å². The highest BCUT2D eigenvalue weighted by Crippen LogP contribution is 2.42. The van der Waals surface area contributed by atoms with Crippen LogP contribution in [0, 0.1) is 0 Å². The molecule has 0 spiro atoms. The largest absolute Gasteiger partial charge is 0.328 e. The van der Waals surface area contributed by atoms with Gasteiger partial charge in [0.15, 0.2) is 5.82 Å². The molecule has 1 saturated carbocycles. The van der Waals surface area contributed by atoms with Crippen LogP contribution < -0.4 is 10.6 Å². The van der Waals surface area contributed by atoms with E-state index >= 15 is 0 Å². The zero-order chi connectivity index (χ0) is 12.2. The molecule has 1 aromatic rings. The highest BCUT2D eigenvalue weighted by molar-refractivity contribution is 6.06. The highest BCUT2D eigenvalue weighted by Gasteiger charge is 2.50. The summed E-state index contributed by atoms with van der Waals surface area (Å²) >= 11 is 0. The van der Waals surface area contributed by atoms with E-state index < -0.39 is 5.41 Å². The fraction of sp³-hybridized carbons (Fsp3) is 0.583. The Morgan fingerprint density at radius 2 is 1.84 bits per heavy atom. The summed E-state index contributed by atoms with van der Waals surface area (Å²) in [5, 5.41) is 0. The number of amides is 1. The molecule has 0 radical (unpaired) electrons. The minimum Gasteiger partial charge on any atom is -0.328 e. The molecule has 3 rings (SSSR count). The second-order valence-electron chi connectivity index (χ2n) is 5.41. The maximum atomic E-state index is 12.4. The van der Waals surface area contributed by atoms with Crippen molar-refractivity contribution in [1.82, 2.24) is 9.97 Å². The van der Waals surface area contributed by atoms with E-state index in [1.807, 2.05) is 13.8 Å². The van der Waals surface area contributed by atoms with Gasteiger partial charge in [0.2, 0.25) is 5.91 Å². The Balaban J connectivity index is 0.000000902. The number of nitrogens with zero attached hydrogens (tertiary/aromatic N) is 3. The Morgan fingerprint density at radius 3 is 2.42 bits per heavy atom. The van der Waals surface area contributed by atoms with Gasteiger partial charge in [-0.1, -0.05) is 0 Å². The van der Waals surface area contributed by atoms with Gasteiger partial charge >= 0.3 is 0 Å². The summed E-state index contributed by atoms with van der Waals surface area (Å²) in [6.45, 7) is 3.81. The van der Waals surface area contributed by atoms with E-state index in [9.17, 15) is 4.79 Å². The van der Waals surface area contributed by atoms with Gasteiger partial charge in [-0.3, -0.25) is 14.7 Å². The molecule has 2 aliphatic rings. The van der Waals surface area contributed by atoms with Gasteiger partial charge in [0.25, 0.3) is 0 Å². The number of nitrogens with two attached hydrogens (primary N) is 1. The van der Waals surface area contributed by atoms with Gasteiger partial charge in [-0.2, -0.15) is 0 Å². The number of anilines is 1. The molecule has 19 heavy (non-hydrogen) atoms. The van der Waals surface area contributed by atoms with Gasteiger partial charge < -0.3 is 5.73 Å². The minimum absolute atomic E-state index is 0. The fourth-order valence-electron chi connectivity index (χ4n) is 2.63. The van der Waals surface area contributed by atoms with Crippen molar-refractivity contribution in [2.24, 2.45) is 5.73 Å². The van der Waals surface area contributed by atoms with Crippen molar-refractivity contribution in [1.29, 1.82) is 0 Å². The van der Waals surface area contributed by atoms with Crippen molar-refractivity contribution >= 4 is 36.5 Å². The Kier molecular flexibility index (Phi) is 4.44. The van der Waals surface area contributed by atoms with E-state index in [1.165, 1.54) is 0 Å². The van der Waals surface area contributed by atoms with Crippen molar-refractivity contribution in [3.63, 3.8) is 0 Å². The first kappa shape index (κ1) is 16.1. The van der Waals surface area contributed by atoms with Gasteiger partial charge in [0, 0.05) is 24.5 Å². The molecule has 0 unspecified atom stereocenters. The van der Waals surface area contributed by atoms with E-state index in [-0.39, 0.29) is 42.8 Å². The van der Waals surface area contributed by atoms with E-state index in [2.05, 4.69) is 9.97 Å². The first-order valence-corrected chi connectivity index (χ1v) is 5.92. The predicted molar refractivity (Wildman–Crippen MR) is 78.0 cm³/mol. The van der Waals surface area contributed by atoms with Gasteiger partial charge in [-0.05, 0) is 26.7 Å². The molecule has 106 valence electrons. The second-order valence-corrected chi connectivity index (χ2v) is 5.41. The molecule has 1 aliphatic heterocycles. The van der Waals surface area contributed by atoms with Crippen molar-refractivity contribution in [2.45, 2.75) is 44.2 Å². The second kappa shape index (κ2) is 5.23. The van der Waals surface area contributed by atoms with Crippen molar-refractivity contribution in [3.05, 3.63) is 18.1 Å². The Hall–Kier alpha value is -0.910.